The van der Waals surface area contributed by atoms with E-state index in [4.69, 9.17) is 0 Å². The van der Waals surface area contributed by atoms with Crippen LogP contribution in [-0.4, -0.2) is 31.7 Å². The van der Waals surface area contributed by atoms with Crippen LogP contribution in [0.2, 0.25) is 0 Å². The summed E-state index contributed by atoms with van der Waals surface area (Å²) in [6, 6.07) is 5.05. The predicted molar refractivity (Wildman–Crippen MR) is 89.9 cm³/mol. The molecule has 1 fully saturated rings. The molecule has 6 heteroatoms. The molecule has 0 aromatic heterocycles. The lowest BCUT2D eigenvalue weighted by Gasteiger charge is -2.32. The molecule has 1 aromatic carbocycles. The maximum absolute atomic E-state index is 12.9. The number of hydrogen-bond acceptors (Lipinski definition) is 3. The summed E-state index contributed by atoms with van der Waals surface area (Å²) in [5.74, 6) is 0.486. The smallest absolute Gasteiger partial charge is 0.243 e. The average molecular weight is 336 g/mol. The minimum Gasteiger partial charge on any atom is -0.326 e. The van der Waals surface area contributed by atoms with E-state index in [0.29, 0.717) is 30.3 Å². The number of hydrogen-bond donors (Lipinski definition) is 1. The molecule has 0 radical (unpaired) electrons. The fourth-order valence-corrected chi connectivity index (χ4v) is 4.73. The SMILES string of the molecule is CCN(CC1CC1)S(=O)(=O)c1ccc2c(c1)C(C)(C)CC(=O)N2. The first kappa shape index (κ1) is 16.5. The molecule has 0 atom stereocenters. The quantitative estimate of drug-likeness (QED) is 0.899. The van der Waals surface area contributed by atoms with E-state index in [1.165, 1.54) is 0 Å². The summed E-state index contributed by atoms with van der Waals surface area (Å²) in [7, 11) is -3.48. The maximum Gasteiger partial charge on any atom is 0.243 e. The Hall–Kier alpha value is -1.40. The van der Waals surface area contributed by atoms with Crippen molar-refractivity contribution in [1.29, 1.82) is 0 Å². The molecular formula is C17H24N2O3S. The van der Waals surface area contributed by atoms with Gasteiger partial charge in [-0.1, -0.05) is 20.8 Å². The molecule has 3 rings (SSSR count). The van der Waals surface area contributed by atoms with E-state index >= 15 is 0 Å². The normalized spacial score (nSPS) is 20.3. The number of fused-ring (bicyclic) bond motifs is 1. The highest BCUT2D eigenvalue weighted by molar-refractivity contribution is 7.89. The van der Waals surface area contributed by atoms with Crippen LogP contribution in [0, 0.1) is 5.92 Å². The molecular weight excluding hydrogens is 312 g/mol. The third-order valence-electron chi connectivity index (χ3n) is 4.75. The molecule has 1 aromatic rings. The minimum absolute atomic E-state index is 0.0259. The molecule has 0 spiro atoms. The maximum atomic E-state index is 12.9. The van der Waals surface area contributed by atoms with Gasteiger partial charge in [-0.2, -0.15) is 4.31 Å². The van der Waals surface area contributed by atoms with Gasteiger partial charge < -0.3 is 5.32 Å². The number of carbonyl (C=O) groups is 1. The van der Waals surface area contributed by atoms with E-state index in [2.05, 4.69) is 5.32 Å². The summed E-state index contributed by atoms with van der Waals surface area (Å²) in [5.41, 5.74) is 1.24. The summed E-state index contributed by atoms with van der Waals surface area (Å²) in [5, 5.41) is 2.83. The van der Waals surface area contributed by atoms with Gasteiger partial charge in [0, 0.05) is 30.6 Å². The van der Waals surface area contributed by atoms with Gasteiger partial charge in [-0.15, -0.1) is 0 Å². The topological polar surface area (TPSA) is 66.5 Å². The third kappa shape index (κ3) is 3.15. The van der Waals surface area contributed by atoms with Crippen LogP contribution in [0.15, 0.2) is 23.1 Å². The van der Waals surface area contributed by atoms with Gasteiger partial charge in [0.05, 0.1) is 4.90 Å². The fraction of sp³-hybridized carbons (Fsp3) is 0.588. The molecule has 5 nitrogen and oxygen atoms in total. The van der Waals surface area contributed by atoms with Crippen LogP contribution in [0.5, 0.6) is 0 Å². The number of nitrogens with one attached hydrogen (secondary N) is 1. The van der Waals surface area contributed by atoms with Crippen molar-refractivity contribution >= 4 is 21.6 Å². The predicted octanol–water partition coefficient (Wildman–Crippen LogP) is 2.73. The van der Waals surface area contributed by atoms with E-state index in [1.54, 1.807) is 22.5 Å². The van der Waals surface area contributed by atoms with E-state index in [-0.39, 0.29) is 11.3 Å². The molecule has 126 valence electrons. The first-order valence-corrected chi connectivity index (χ1v) is 9.62. The molecule has 0 saturated heterocycles. The highest BCUT2D eigenvalue weighted by Gasteiger charge is 2.35. The van der Waals surface area contributed by atoms with E-state index in [9.17, 15) is 13.2 Å². The van der Waals surface area contributed by atoms with E-state index in [0.717, 1.165) is 24.1 Å². The van der Waals surface area contributed by atoms with E-state index in [1.807, 2.05) is 20.8 Å². The largest absolute Gasteiger partial charge is 0.326 e. The van der Waals surface area contributed by atoms with Gasteiger partial charge >= 0.3 is 0 Å². The molecule has 0 bridgehead atoms. The summed E-state index contributed by atoms with van der Waals surface area (Å²) < 4.78 is 27.4. The van der Waals surface area contributed by atoms with Crippen molar-refractivity contribution in [2.75, 3.05) is 18.4 Å². The lowest BCUT2D eigenvalue weighted by atomic mass is 9.78. The van der Waals surface area contributed by atoms with Gasteiger partial charge in [-0.05, 0) is 42.5 Å². The molecule has 23 heavy (non-hydrogen) atoms. The van der Waals surface area contributed by atoms with Gasteiger partial charge in [0.1, 0.15) is 0 Å². The van der Waals surface area contributed by atoms with Gasteiger partial charge in [-0.25, -0.2) is 8.42 Å². The van der Waals surface area contributed by atoms with Gasteiger partial charge in [0.15, 0.2) is 0 Å². The summed E-state index contributed by atoms with van der Waals surface area (Å²) in [6.07, 6.45) is 2.60. The van der Waals surface area contributed by atoms with Crippen LogP contribution in [0.25, 0.3) is 0 Å². The first-order chi connectivity index (χ1) is 10.7. The Kier molecular flexibility index (Phi) is 4.01. The fourth-order valence-electron chi connectivity index (χ4n) is 3.18. The first-order valence-electron chi connectivity index (χ1n) is 8.18. The molecule has 2 aliphatic rings. The van der Waals surface area contributed by atoms with Crippen LogP contribution < -0.4 is 5.32 Å². The van der Waals surface area contributed by atoms with Crippen LogP contribution in [0.3, 0.4) is 0 Å². The molecule has 0 unspecified atom stereocenters. The number of sulfonamides is 1. The van der Waals surface area contributed by atoms with Gasteiger partial charge in [0.2, 0.25) is 15.9 Å². The summed E-state index contributed by atoms with van der Waals surface area (Å²) in [6.45, 7) is 6.92. The Morgan fingerprint density at radius 3 is 2.61 bits per heavy atom. The zero-order valence-corrected chi connectivity index (χ0v) is 14.7. The number of anilines is 1. The van der Waals surface area contributed by atoms with Crippen LogP contribution in [0.1, 0.15) is 45.6 Å². The standard InChI is InChI=1S/C17H24N2O3S/c1-4-19(11-12-5-6-12)23(21,22)13-7-8-15-14(9-13)17(2,3)10-16(20)18-15/h7-9,12H,4-6,10-11H2,1-3H3,(H,18,20). The van der Waals surface area contributed by atoms with Crippen molar-refractivity contribution in [1.82, 2.24) is 4.31 Å². The number of carbonyl (C=O) groups excluding carboxylic acids is 1. The zero-order valence-electron chi connectivity index (χ0n) is 13.9. The molecule has 1 amide bonds. The Balaban J connectivity index is 1.98. The summed E-state index contributed by atoms with van der Waals surface area (Å²) >= 11 is 0. The Labute approximate surface area is 138 Å². The summed E-state index contributed by atoms with van der Waals surface area (Å²) in [4.78, 5) is 12.1. The monoisotopic (exact) mass is 336 g/mol. The van der Waals surface area contributed by atoms with Crippen LogP contribution in [-0.2, 0) is 20.2 Å². The third-order valence-corrected chi connectivity index (χ3v) is 6.68. The second-order valence-electron chi connectivity index (χ2n) is 7.22. The highest BCUT2D eigenvalue weighted by Crippen LogP contribution is 2.39. The molecule has 1 N–H and O–H groups in total. The molecule has 1 saturated carbocycles. The van der Waals surface area contributed by atoms with Crippen molar-refractivity contribution in [2.45, 2.75) is 50.3 Å². The lowest BCUT2D eigenvalue weighted by molar-refractivity contribution is -0.117. The highest BCUT2D eigenvalue weighted by atomic mass is 32.2. The number of amides is 1. The van der Waals surface area contributed by atoms with Crippen molar-refractivity contribution < 1.29 is 13.2 Å². The average Bonchev–Trinajstić information content (AvgIpc) is 3.27. The van der Waals surface area contributed by atoms with E-state index < -0.39 is 10.0 Å². The molecule has 1 heterocycles. The number of rotatable bonds is 5. The van der Waals surface area contributed by atoms with Crippen LogP contribution >= 0.6 is 0 Å². The Morgan fingerprint density at radius 1 is 1.30 bits per heavy atom. The second kappa shape index (κ2) is 5.60. The molecule has 1 aliphatic carbocycles. The number of benzene rings is 1. The zero-order chi connectivity index (χ0) is 16.8. The second-order valence-corrected chi connectivity index (χ2v) is 9.15. The Bertz CT molecular complexity index is 736. The van der Waals surface area contributed by atoms with Crippen molar-refractivity contribution in [3.63, 3.8) is 0 Å². The lowest BCUT2D eigenvalue weighted by Crippen LogP contribution is -2.35. The van der Waals surface area contributed by atoms with Crippen molar-refractivity contribution in [3.05, 3.63) is 23.8 Å². The van der Waals surface area contributed by atoms with Crippen molar-refractivity contribution in [3.8, 4) is 0 Å². The molecule has 1 aliphatic heterocycles. The number of nitrogens with zero attached hydrogens (tertiary/aromatic N) is 1. The minimum atomic E-state index is -3.48. The Morgan fingerprint density at radius 2 is 2.00 bits per heavy atom. The van der Waals surface area contributed by atoms with Crippen LogP contribution in [0.4, 0.5) is 5.69 Å². The van der Waals surface area contributed by atoms with Crippen molar-refractivity contribution in [2.24, 2.45) is 5.92 Å². The van der Waals surface area contributed by atoms with Gasteiger partial charge in [0.25, 0.3) is 0 Å². The van der Waals surface area contributed by atoms with Gasteiger partial charge in [-0.3, -0.25) is 4.79 Å².